The highest BCUT2D eigenvalue weighted by molar-refractivity contribution is 5.45. The molecule has 23 heavy (non-hydrogen) atoms. The van der Waals surface area contributed by atoms with Gasteiger partial charge in [0.1, 0.15) is 17.2 Å². The third-order valence-electron chi connectivity index (χ3n) is 3.28. The number of hydrogen-bond acceptors (Lipinski definition) is 6. The Bertz CT molecular complexity index is 764. The van der Waals surface area contributed by atoms with Gasteiger partial charge in [-0.15, -0.1) is 10.2 Å². The molecule has 3 aromatic rings. The average Bonchev–Trinajstić information content (AvgIpc) is 3.18. The Morgan fingerprint density at radius 2 is 1.87 bits per heavy atom. The normalized spacial score (nSPS) is 12.1. The molecule has 2 heterocycles. The lowest BCUT2D eigenvalue weighted by atomic mass is 10.3. The number of rotatable bonds is 6. The molecule has 2 aromatic heterocycles. The minimum absolute atomic E-state index is 0.359. The third kappa shape index (κ3) is 3.33. The summed E-state index contributed by atoms with van der Waals surface area (Å²) in [6.45, 7) is 4.44. The van der Waals surface area contributed by atoms with Gasteiger partial charge < -0.3 is 13.9 Å². The van der Waals surface area contributed by atoms with E-state index in [0.717, 1.165) is 11.4 Å². The van der Waals surface area contributed by atoms with E-state index < -0.39 is 0 Å². The van der Waals surface area contributed by atoms with Gasteiger partial charge >= 0.3 is 0 Å². The number of nitrogens with zero attached hydrogens (tertiary/aromatic N) is 4. The molecule has 0 aliphatic carbocycles. The van der Waals surface area contributed by atoms with Gasteiger partial charge in [0.15, 0.2) is 6.10 Å². The highest BCUT2D eigenvalue weighted by atomic mass is 16.5. The van der Waals surface area contributed by atoms with Crippen molar-refractivity contribution in [1.82, 2.24) is 20.0 Å². The predicted octanol–water partition coefficient (Wildman–Crippen LogP) is 3.01. The summed E-state index contributed by atoms with van der Waals surface area (Å²) in [6.07, 6.45) is 1.32. The third-order valence-corrected chi connectivity index (χ3v) is 3.28. The van der Waals surface area contributed by atoms with E-state index in [2.05, 4.69) is 15.3 Å². The fraction of sp³-hybridized carbons (Fsp3) is 0.312. The number of hydrogen-bond donors (Lipinski definition) is 0. The highest BCUT2D eigenvalue weighted by Crippen LogP contribution is 2.25. The fourth-order valence-electron chi connectivity index (χ4n) is 2.12. The van der Waals surface area contributed by atoms with Crippen LogP contribution in [0.3, 0.4) is 0 Å². The smallest absolute Gasteiger partial charge is 0.266 e. The Labute approximate surface area is 133 Å². The maximum Gasteiger partial charge on any atom is 0.266 e. The monoisotopic (exact) mass is 314 g/mol. The van der Waals surface area contributed by atoms with Gasteiger partial charge in [0.25, 0.3) is 11.8 Å². The molecule has 0 saturated heterocycles. The zero-order chi connectivity index (χ0) is 16.2. The van der Waals surface area contributed by atoms with Crippen molar-refractivity contribution in [1.29, 1.82) is 0 Å². The van der Waals surface area contributed by atoms with E-state index in [0.29, 0.717) is 24.1 Å². The predicted molar refractivity (Wildman–Crippen MR) is 83.2 cm³/mol. The van der Waals surface area contributed by atoms with Crippen LogP contribution in [0.1, 0.15) is 25.8 Å². The molecule has 0 saturated carbocycles. The van der Waals surface area contributed by atoms with Crippen LogP contribution in [0.15, 0.2) is 40.9 Å². The largest absolute Gasteiger partial charge is 0.494 e. The Morgan fingerprint density at radius 1 is 1.13 bits per heavy atom. The lowest BCUT2D eigenvalue weighted by Gasteiger charge is -2.11. The van der Waals surface area contributed by atoms with Crippen LogP contribution in [0.2, 0.25) is 0 Å². The van der Waals surface area contributed by atoms with Crippen LogP contribution in [0.4, 0.5) is 0 Å². The Kier molecular flexibility index (Phi) is 4.27. The maximum atomic E-state index is 5.82. The summed E-state index contributed by atoms with van der Waals surface area (Å²) in [7, 11) is 1.82. The topological polar surface area (TPSA) is 75.2 Å². The number of ether oxygens (including phenoxy) is 2. The minimum Gasteiger partial charge on any atom is -0.494 e. The first-order valence-corrected chi connectivity index (χ1v) is 7.38. The summed E-state index contributed by atoms with van der Waals surface area (Å²) in [5.74, 6) is 2.35. The lowest BCUT2D eigenvalue weighted by molar-refractivity contribution is 0.189. The molecule has 7 nitrogen and oxygen atoms in total. The van der Waals surface area contributed by atoms with Crippen LogP contribution in [0.25, 0.3) is 11.6 Å². The van der Waals surface area contributed by atoms with Crippen molar-refractivity contribution in [2.75, 3.05) is 6.61 Å². The van der Waals surface area contributed by atoms with E-state index in [4.69, 9.17) is 13.9 Å². The molecule has 1 unspecified atom stereocenters. The van der Waals surface area contributed by atoms with E-state index in [1.165, 1.54) is 0 Å². The molecule has 0 N–H and O–H groups in total. The molecular formula is C16H18N4O3. The van der Waals surface area contributed by atoms with E-state index in [9.17, 15) is 0 Å². The van der Waals surface area contributed by atoms with Crippen molar-refractivity contribution < 1.29 is 13.9 Å². The molecule has 0 bridgehead atoms. The summed E-state index contributed by atoms with van der Waals surface area (Å²) >= 11 is 0. The first-order chi connectivity index (χ1) is 11.2. The molecule has 0 spiro atoms. The van der Waals surface area contributed by atoms with Gasteiger partial charge in [0.05, 0.1) is 6.61 Å². The van der Waals surface area contributed by atoms with Gasteiger partial charge in [-0.05, 0) is 44.2 Å². The maximum absolute atomic E-state index is 5.82. The molecule has 3 rings (SSSR count). The number of aromatic nitrogens is 4. The van der Waals surface area contributed by atoms with Crippen LogP contribution in [0, 0.1) is 0 Å². The summed E-state index contributed by atoms with van der Waals surface area (Å²) < 4.78 is 18.6. The quantitative estimate of drug-likeness (QED) is 0.696. The standard InChI is InChI=1S/C16H18N4O3/c1-4-21-12-5-7-13(8-6-12)22-11(2)15-18-19-16(23-15)14-9-10-17-20(14)3/h5-11H,4H2,1-3H3. The van der Waals surface area contributed by atoms with Crippen molar-refractivity contribution >= 4 is 0 Å². The summed E-state index contributed by atoms with van der Waals surface area (Å²) in [5.41, 5.74) is 0.761. The van der Waals surface area contributed by atoms with E-state index in [1.807, 2.05) is 51.2 Å². The molecule has 0 amide bonds. The van der Waals surface area contributed by atoms with Crippen LogP contribution >= 0.6 is 0 Å². The van der Waals surface area contributed by atoms with Gasteiger partial charge in [-0.1, -0.05) is 0 Å². The minimum atomic E-state index is -0.359. The van der Waals surface area contributed by atoms with Crippen LogP contribution in [0.5, 0.6) is 11.5 Å². The van der Waals surface area contributed by atoms with Gasteiger partial charge in [-0.2, -0.15) is 5.10 Å². The van der Waals surface area contributed by atoms with Crippen molar-refractivity contribution in [2.45, 2.75) is 20.0 Å². The summed E-state index contributed by atoms with van der Waals surface area (Å²) in [5, 5.41) is 12.2. The van der Waals surface area contributed by atoms with E-state index in [-0.39, 0.29) is 6.10 Å². The van der Waals surface area contributed by atoms with Crippen molar-refractivity contribution in [2.24, 2.45) is 7.05 Å². The molecule has 0 aliphatic heterocycles. The molecule has 0 fully saturated rings. The van der Waals surface area contributed by atoms with Gasteiger partial charge in [-0.25, -0.2) is 0 Å². The second-order valence-electron chi connectivity index (χ2n) is 4.95. The van der Waals surface area contributed by atoms with Crippen molar-refractivity contribution in [3.8, 4) is 23.1 Å². The SMILES string of the molecule is CCOc1ccc(OC(C)c2nnc(-c3ccnn3C)o2)cc1. The summed E-state index contributed by atoms with van der Waals surface area (Å²) in [4.78, 5) is 0. The van der Waals surface area contributed by atoms with Gasteiger partial charge in [-0.3, -0.25) is 4.68 Å². The Hall–Kier alpha value is -2.83. The Morgan fingerprint density at radius 3 is 2.52 bits per heavy atom. The molecule has 1 aromatic carbocycles. The fourth-order valence-corrected chi connectivity index (χ4v) is 2.12. The molecule has 7 heteroatoms. The first kappa shape index (κ1) is 15.1. The van der Waals surface area contributed by atoms with Crippen LogP contribution < -0.4 is 9.47 Å². The lowest BCUT2D eigenvalue weighted by Crippen LogP contribution is -2.03. The number of aryl methyl sites for hydroxylation is 1. The molecule has 1 atom stereocenters. The number of benzene rings is 1. The molecule has 0 radical (unpaired) electrons. The van der Waals surface area contributed by atoms with Crippen LogP contribution in [-0.4, -0.2) is 26.6 Å². The molecular weight excluding hydrogens is 296 g/mol. The van der Waals surface area contributed by atoms with Crippen molar-refractivity contribution in [3.63, 3.8) is 0 Å². The summed E-state index contributed by atoms with van der Waals surface area (Å²) in [6, 6.07) is 9.23. The zero-order valence-corrected chi connectivity index (χ0v) is 13.3. The first-order valence-electron chi connectivity index (χ1n) is 7.38. The molecule has 120 valence electrons. The second kappa shape index (κ2) is 6.51. The molecule has 0 aliphatic rings. The average molecular weight is 314 g/mol. The van der Waals surface area contributed by atoms with E-state index in [1.54, 1.807) is 10.9 Å². The van der Waals surface area contributed by atoms with E-state index >= 15 is 0 Å². The van der Waals surface area contributed by atoms with Gasteiger partial charge in [0.2, 0.25) is 0 Å². The van der Waals surface area contributed by atoms with Crippen molar-refractivity contribution in [3.05, 3.63) is 42.4 Å². The zero-order valence-electron chi connectivity index (χ0n) is 13.3. The Balaban J connectivity index is 1.70. The van der Waals surface area contributed by atoms with Gasteiger partial charge in [0, 0.05) is 13.2 Å². The highest BCUT2D eigenvalue weighted by Gasteiger charge is 2.18. The van der Waals surface area contributed by atoms with Crippen LogP contribution in [-0.2, 0) is 7.05 Å². The second-order valence-corrected chi connectivity index (χ2v) is 4.95.